The Kier molecular flexibility index (Phi) is 6.12. The number of hydrogen-bond acceptors (Lipinski definition) is 4. The van der Waals surface area contributed by atoms with E-state index < -0.39 is 0 Å². The van der Waals surface area contributed by atoms with Gasteiger partial charge in [0.1, 0.15) is 5.76 Å². The van der Waals surface area contributed by atoms with Gasteiger partial charge < -0.3 is 15.1 Å². The fourth-order valence-electron chi connectivity index (χ4n) is 3.33. The molecule has 1 aromatic heterocycles. The average molecular weight is 425 g/mol. The highest BCUT2D eigenvalue weighted by atomic mass is 16.4. The van der Waals surface area contributed by atoms with Crippen LogP contribution in [0.3, 0.4) is 0 Å². The van der Waals surface area contributed by atoms with Gasteiger partial charge in [-0.2, -0.15) is 0 Å². The number of anilines is 2. The van der Waals surface area contributed by atoms with E-state index in [1.165, 1.54) is 0 Å². The highest BCUT2D eigenvalue weighted by molar-refractivity contribution is 6.05. The number of hydrogen-bond donors (Lipinski definition) is 2. The molecule has 0 aliphatic carbocycles. The van der Waals surface area contributed by atoms with Crippen LogP contribution in [0.15, 0.2) is 83.3 Å². The summed E-state index contributed by atoms with van der Waals surface area (Å²) in [6.07, 6.45) is 0.0855. The second-order valence-electron chi connectivity index (χ2n) is 7.41. The highest BCUT2D eigenvalue weighted by Crippen LogP contribution is 2.25. The van der Waals surface area contributed by atoms with Crippen molar-refractivity contribution in [3.63, 3.8) is 0 Å². The first-order chi connectivity index (χ1) is 15.5. The normalized spacial score (nSPS) is 10.6. The molecular formula is C26H23N3O3. The maximum absolute atomic E-state index is 12.7. The van der Waals surface area contributed by atoms with Crippen LogP contribution in [-0.4, -0.2) is 16.8 Å². The van der Waals surface area contributed by atoms with Gasteiger partial charge in [0.2, 0.25) is 11.8 Å². The molecule has 0 unspecified atom stereocenters. The van der Waals surface area contributed by atoms with Gasteiger partial charge in [-0.3, -0.25) is 9.59 Å². The topological polar surface area (TPSA) is 84.2 Å². The summed E-state index contributed by atoms with van der Waals surface area (Å²) in [7, 11) is 0. The first-order valence-corrected chi connectivity index (χ1v) is 10.3. The largest absolute Gasteiger partial charge is 0.441 e. The Hall–Kier alpha value is -4.19. The predicted molar refractivity (Wildman–Crippen MR) is 125 cm³/mol. The number of oxazole rings is 1. The van der Waals surface area contributed by atoms with E-state index in [-0.39, 0.29) is 18.2 Å². The number of aryl methyl sites for hydroxylation is 1. The van der Waals surface area contributed by atoms with Crippen molar-refractivity contribution in [2.75, 3.05) is 10.6 Å². The van der Waals surface area contributed by atoms with Crippen LogP contribution in [0.2, 0.25) is 0 Å². The van der Waals surface area contributed by atoms with E-state index in [9.17, 15) is 9.59 Å². The molecule has 1 heterocycles. The Morgan fingerprint density at radius 3 is 2.12 bits per heavy atom. The lowest BCUT2D eigenvalue weighted by atomic mass is 10.1. The molecular weight excluding hydrogens is 402 g/mol. The number of nitrogens with one attached hydrogen (secondary N) is 2. The fraction of sp³-hybridized carbons (Fsp3) is 0.115. The smallest absolute Gasteiger partial charge is 0.255 e. The third kappa shape index (κ3) is 4.75. The Balaban J connectivity index is 1.46. The van der Waals surface area contributed by atoms with Gasteiger partial charge in [-0.1, -0.05) is 42.5 Å². The fourth-order valence-corrected chi connectivity index (χ4v) is 3.33. The SMILES string of the molecule is Cc1oc(-c2ccccc2)nc1CC(=O)Nc1cccc(NC(=O)c2ccccc2)c1C. The minimum atomic E-state index is -0.212. The van der Waals surface area contributed by atoms with Crippen LogP contribution in [-0.2, 0) is 11.2 Å². The molecule has 6 heteroatoms. The molecule has 0 fully saturated rings. The summed E-state index contributed by atoms with van der Waals surface area (Å²) in [6, 6.07) is 23.9. The van der Waals surface area contributed by atoms with Crippen LogP contribution in [0.5, 0.6) is 0 Å². The average Bonchev–Trinajstić information content (AvgIpc) is 3.17. The Morgan fingerprint density at radius 1 is 0.812 bits per heavy atom. The van der Waals surface area contributed by atoms with Gasteiger partial charge in [0, 0.05) is 22.5 Å². The number of aromatic nitrogens is 1. The van der Waals surface area contributed by atoms with Crippen molar-refractivity contribution in [1.82, 2.24) is 4.98 Å². The molecule has 0 spiro atoms. The van der Waals surface area contributed by atoms with E-state index in [0.717, 1.165) is 11.1 Å². The number of amides is 2. The molecule has 0 saturated heterocycles. The van der Waals surface area contributed by atoms with Gasteiger partial charge in [-0.05, 0) is 55.8 Å². The summed E-state index contributed by atoms with van der Waals surface area (Å²) in [5, 5.41) is 5.82. The van der Waals surface area contributed by atoms with Gasteiger partial charge in [0.15, 0.2) is 0 Å². The monoisotopic (exact) mass is 425 g/mol. The molecule has 0 saturated carbocycles. The lowest BCUT2D eigenvalue weighted by molar-refractivity contribution is -0.115. The molecule has 2 N–H and O–H groups in total. The predicted octanol–water partition coefficient (Wildman–Crippen LogP) is 5.39. The van der Waals surface area contributed by atoms with E-state index >= 15 is 0 Å². The van der Waals surface area contributed by atoms with Gasteiger partial charge >= 0.3 is 0 Å². The van der Waals surface area contributed by atoms with Gasteiger partial charge in [0.05, 0.1) is 12.1 Å². The maximum atomic E-state index is 12.7. The first-order valence-electron chi connectivity index (χ1n) is 10.3. The summed E-state index contributed by atoms with van der Waals surface area (Å²) in [4.78, 5) is 29.7. The molecule has 3 aromatic carbocycles. The van der Waals surface area contributed by atoms with Gasteiger partial charge in [-0.15, -0.1) is 0 Å². The number of carbonyl (C=O) groups is 2. The van der Waals surface area contributed by atoms with Crippen LogP contribution in [0.25, 0.3) is 11.5 Å². The van der Waals surface area contributed by atoms with Gasteiger partial charge in [-0.25, -0.2) is 4.98 Å². The van der Waals surface area contributed by atoms with Crippen molar-refractivity contribution in [2.45, 2.75) is 20.3 Å². The van der Waals surface area contributed by atoms with Crippen molar-refractivity contribution in [2.24, 2.45) is 0 Å². The van der Waals surface area contributed by atoms with E-state index in [0.29, 0.717) is 34.3 Å². The van der Waals surface area contributed by atoms with Crippen molar-refractivity contribution in [1.29, 1.82) is 0 Å². The zero-order valence-electron chi connectivity index (χ0n) is 17.9. The maximum Gasteiger partial charge on any atom is 0.255 e. The van der Waals surface area contributed by atoms with Crippen LogP contribution in [0.4, 0.5) is 11.4 Å². The standard InChI is InChI=1S/C26H23N3O3/c1-17-21(14-9-15-22(17)28-25(31)19-10-5-3-6-11-19)27-24(30)16-23-18(2)32-26(29-23)20-12-7-4-8-13-20/h3-15H,16H2,1-2H3,(H,27,30)(H,28,31). The molecule has 2 amide bonds. The molecule has 4 rings (SSSR count). The Labute approximate surface area is 186 Å². The second-order valence-corrected chi connectivity index (χ2v) is 7.41. The summed E-state index contributed by atoms with van der Waals surface area (Å²) >= 11 is 0. The third-order valence-corrected chi connectivity index (χ3v) is 5.13. The molecule has 0 aliphatic heterocycles. The minimum absolute atomic E-state index is 0.0855. The molecule has 160 valence electrons. The number of benzene rings is 3. The van der Waals surface area contributed by atoms with Crippen LogP contribution in [0, 0.1) is 13.8 Å². The molecule has 0 radical (unpaired) electrons. The zero-order valence-corrected chi connectivity index (χ0v) is 17.9. The summed E-state index contributed by atoms with van der Waals surface area (Å²) in [6.45, 7) is 3.65. The summed E-state index contributed by atoms with van der Waals surface area (Å²) in [5.74, 6) is 0.687. The molecule has 4 aromatic rings. The van der Waals surface area contributed by atoms with Crippen LogP contribution >= 0.6 is 0 Å². The summed E-state index contributed by atoms with van der Waals surface area (Å²) < 4.78 is 5.74. The first kappa shape index (κ1) is 21.1. The van der Waals surface area contributed by atoms with Crippen LogP contribution in [0.1, 0.15) is 27.4 Å². The Bertz CT molecular complexity index is 1250. The number of carbonyl (C=O) groups excluding carboxylic acids is 2. The second kappa shape index (κ2) is 9.31. The third-order valence-electron chi connectivity index (χ3n) is 5.13. The lowest BCUT2D eigenvalue weighted by Crippen LogP contribution is -2.17. The van der Waals surface area contributed by atoms with E-state index in [1.807, 2.05) is 55.5 Å². The van der Waals surface area contributed by atoms with Crippen molar-refractivity contribution >= 4 is 23.2 Å². The molecule has 0 atom stereocenters. The van der Waals surface area contributed by atoms with E-state index in [4.69, 9.17) is 4.42 Å². The molecule has 32 heavy (non-hydrogen) atoms. The molecule has 0 aliphatic rings. The quantitative estimate of drug-likeness (QED) is 0.434. The lowest BCUT2D eigenvalue weighted by Gasteiger charge is -2.13. The van der Waals surface area contributed by atoms with Crippen LogP contribution < -0.4 is 10.6 Å². The summed E-state index contributed by atoms with van der Waals surface area (Å²) in [5.41, 5.74) is 4.06. The molecule has 0 bridgehead atoms. The molecule has 6 nitrogen and oxygen atoms in total. The highest BCUT2D eigenvalue weighted by Gasteiger charge is 2.16. The number of rotatable bonds is 6. The van der Waals surface area contributed by atoms with E-state index in [2.05, 4.69) is 15.6 Å². The minimum Gasteiger partial charge on any atom is -0.441 e. The van der Waals surface area contributed by atoms with Crippen molar-refractivity contribution in [3.8, 4) is 11.5 Å². The Morgan fingerprint density at radius 2 is 1.44 bits per heavy atom. The van der Waals surface area contributed by atoms with Crippen molar-refractivity contribution < 1.29 is 14.0 Å². The van der Waals surface area contributed by atoms with E-state index in [1.54, 1.807) is 37.3 Å². The van der Waals surface area contributed by atoms with Crippen molar-refractivity contribution in [3.05, 3.63) is 101 Å². The van der Waals surface area contributed by atoms with Gasteiger partial charge in [0.25, 0.3) is 5.91 Å². The number of nitrogens with zero attached hydrogens (tertiary/aromatic N) is 1. The zero-order chi connectivity index (χ0) is 22.5.